The van der Waals surface area contributed by atoms with E-state index in [1.54, 1.807) is 0 Å². The lowest BCUT2D eigenvalue weighted by Crippen LogP contribution is -2.41. The monoisotopic (exact) mass is 353 g/mol. The number of β-amino-alcohol motifs (C(OH)–C–C–N with tert-alkyl or cyclic N) is 1. The van der Waals surface area contributed by atoms with Gasteiger partial charge in [0.1, 0.15) is 6.04 Å². The van der Waals surface area contributed by atoms with Gasteiger partial charge in [-0.2, -0.15) is 4.31 Å². The first-order valence-electron chi connectivity index (χ1n) is 6.00. The molecular weight excluding hydrogens is 341 g/mol. The van der Waals surface area contributed by atoms with Gasteiger partial charge in [0, 0.05) is 13.0 Å². The van der Waals surface area contributed by atoms with Gasteiger partial charge in [-0.1, -0.05) is 23.2 Å². The standard InChI is InChI=1S/C12H13Cl2NO5S/c1-20-12(17)11-4-7(16)6-15(11)21(18,19)8-2-3-9(13)10(14)5-8/h2-3,5,7,11,16H,4,6H2,1H3. The minimum Gasteiger partial charge on any atom is -0.468 e. The van der Waals surface area contributed by atoms with Crippen LogP contribution in [0.25, 0.3) is 0 Å². The Labute approximate surface area is 132 Å². The maximum absolute atomic E-state index is 12.6. The van der Waals surface area contributed by atoms with E-state index in [2.05, 4.69) is 4.74 Å². The van der Waals surface area contributed by atoms with E-state index in [1.807, 2.05) is 0 Å². The lowest BCUT2D eigenvalue weighted by Gasteiger charge is -2.22. The lowest BCUT2D eigenvalue weighted by molar-refractivity contribution is -0.144. The number of rotatable bonds is 3. The number of methoxy groups -OCH3 is 1. The largest absolute Gasteiger partial charge is 0.468 e. The summed E-state index contributed by atoms with van der Waals surface area (Å²) >= 11 is 11.6. The van der Waals surface area contributed by atoms with E-state index in [0.717, 1.165) is 11.4 Å². The Morgan fingerprint density at radius 2 is 2.05 bits per heavy atom. The van der Waals surface area contributed by atoms with Crippen molar-refractivity contribution >= 4 is 39.2 Å². The molecule has 0 radical (unpaired) electrons. The molecule has 6 nitrogen and oxygen atoms in total. The van der Waals surface area contributed by atoms with Crippen LogP contribution in [-0.2, 0) is 19.6 Å². The lowest BCUT2D eigenvalue weighted by atomic mass is 10.2. The summed E-state index contributed by atoms with van der Waals surface area (Å²) < 4.78 is 30.7. The highest BCUT2D eigenvalue weighted by Crippen LogP contribution is 2.30. The first-order chi connectivity index (χ1) is 9.77. The predicted molar refractivity (Wildman–Crippen MR) is 76.8 cm³/mol. The number of hydrogen-bond acceptors (Lipinski definition) is 5. The van der Waals surface area contributed by atoms with E-state index in [1.165, 1.54) is 18.2 Å². The number of carbonyl (C=O) groups excluding carboxylic acids is 1. The van der Waals surface area contributed by atoms with E-state index in [9.17, 15) is 18.3 Å². The average molecular weight is 354 g/mol. The van der Waals surface area contributed by atoms with Crippen LogP contribution in [0.5, 0.6) is 0 Å². The van der Waals surface area contributed by atoms with Crippen LogP contribution in [0.2, 0.25) is 10.0 Å². The Morgan fingerprint density at radius 3 is 2.62 bits per heavy atom. The molecule has 9 heteroatoms. The van der Waals surface area contributed by atoms with E-state index in [-0.39, 0.29) is 27.9 Å². The normalized spacial score (nSPS) is 23.2. The number of ether oxygens (including phenoxy) is 1. The maximum Gasteiger partial charge on any atom is 0.324 e. The van der Waals surface area contributed by atoms with Crippen molar-refractivity contribution in [2.75, 3.05) is 13.7 Å². The number of sulfonamides is 1. The SMILES string of the molecule is COC(=O)C1CC(O)CN1S(=O)(=O)c1ccc(Cl)c(Cl)c1. The third-order valence-corrected chi connectivity index (χ3v) is 5.81. The number of carbonyl (C=O) groups is 1. The topological polar surface area (TPSA) is 83.9 Å². The zero-order valence-electron chi connectivity index (χ0n) is 11.0. The molecule has 21 heavy (non-hydrogen) atoms. The Balaban J connectivity index is 2.41. The van der Waals surface area contributed by atoms with E-state index >= 15 is 0 Å². The average Bonchev–Trinajstić information content (AvgIpc) is 2.83. The molecule has 2 unspecified atom stereocenters. The van der Waals surface area contributed by atoms with Crippen molar-refractivity contribution in [3.05, 3.63) is 28.2 Å². The number of benzene rings is 1. The number of hydrogen-bond donors (Lipinski definition) is 1. The van der Waals surface area contributed by atoms with Gasteiger partial charge < -0.3 is 9.84 Å². The Bertz CT molecular complexity index is 664. The molecule has 0 aromatic heterocycles. The molecule has 1 N–H and O–H groups in total. The van der Waals surface area contributed by atoms with Gasteiger partial charge in [-0.15, -0.1) is 0 Å². The molecule has 1 aliphatic heterocycles. The summed E-state index contributed by atoms with van der Waals surface area (Å²) in [6.45, 7) is -0.178. The smallest absolute Gasteiger partial charge is 0.324 e. The fraction of sp³-hybridized carbons (Fsp3) is 0.417. The van der Waals surface area contributed by atoms with Crippen molar-refractivity contribution in [2.45, 2.75) is 23.5 Å². The highest BCUT2D eigenvalue weighted by Gasteiger charge is 2.44. The van der Waals surface area contributed by atoms with Crippen molar-refractivity contribution in [1.82, 2.24) is 4.31 Å². The molecule has 1 aliphatic rings. The Kier molecular flexibility index (Phi) is 4.79. The van der Waals surface area contributed by atoms with Crippen LogP contribution in [-0.4, -0.2) is 49.6 Å². The van der Waals surface area contributed by atoms with Gasteiger partial charge in [0.05, 0.1) is 28.2 Å². The van der Waals surface area contributed by atoms with Gasteiger partial charge in [0.25, 0.3) is 0 Å². The third kappa shape index (κ3) is 3.17. The van der Waals surface area contributed by atoms with Gasteiger partial charge in [-0.25, -0.2) is 8.42 Å². The predicted octanol–water partition coefficient (Wildman–Crippen LogP) is 1.29. The molecule has 116 valence electrons. The number of aliphatic hydroxyl groups excluding tert-OH is 1. The van der Waals surface area contributed by atoms with Crippen LogP contribution in [0, 0.1) is 0 Å². The summed E-state index contributed by atoms with van der Waals surface area (Å²) in [5.41, 5.74) is 0. The second-order valence-electron chi connectivity index (χ2n) is 4.58. The highest BCUT2D eigenvalue weighted by molar-refractivity contribution is 7.89. The van der Waals surface area contributed by atoms with Crippen molar-refractivity contribution in [3.8, 4) is 0 Å². The summed E-state index contributed by atoms with van der Waals surface area (Å²) in [6.07, 6.45) is -0.931. The Hall–Kier alpha value is -0.860. The van der Waals surface area contributed by atoms with Crippen LogP contribution in [0.4, 0.5) is 0 Å². The minimum absolute atomic E-state index is 0.00672. The van der Waals surface area contributed by atoms with Crippen LogP contribution in [0.3, 0.4) is 0 Å². The molecule has 1 heterocycles. The number of nitrogens with zero attached hydrogens (tertiary/aromatic N) is 1. The zero-order chi connectivity index (χ0) is 15.8. The molecule has 2 rings (SSSR count). The maximum atomic E-state index is 12.6. The van der Waals surface area contributed by atoms with Gasteiger partial charge >= 0.3 is 5.97 Å². The first-order valence-corrected chi connectivity index (χ1v) is 8.19. The number of halogens is 2. The molecule has 1 fully saturated rings. The van der Waals surface area contributed by atoms with Gasteiger partial charge in [0.15, 0.2) is 0 Å². The van der Waals surface area contributed by atoms with Gasteiger partial charge in [-0.3, -0.25) is 4.79 Å². The van der Waals surface area contributed by atoms with E-state index in [4.69, 9.17) is 23.2 Å². The van der Waals surface area contributed by atoms with Crippen LogP contribution < -0.4 is 0 Å². The number of esters is 1. The third-order valence-electron chi connectivity index (χ3n) is 3.20. The molecule has 1 aromatic carbocycles. The summed E-state index contributed by atoms with van der Waals surface area (Å²) in [5, 5.41) is 9.98. The fourth-order valence-corrected chi connectivity index (χ4v) is 4.19. The van der Waals surface area contributed by atoms with Gasteiger partial charge in [-0.05, 0) is 18.2 Å². The van der Waals surface area contributed by atoms with Crippen LogP contribution >= 0.6 is 23.2 Å². The molecule has 0 bridgehead atoms. The van der Waals surface area contributed by atoms with Crippen molar-refractivity contribution < 1.29 is 23.1 Å². The second-order valence-corrected chi connectivity index (χ2v) is 7.28. The molecule has 0 amide bonds. The quantitative estimate of drug-likeness (QED) is 0.827. The van der Waals surface area contributed by atoms with Crippen molar-refractivity contribution in [1.29, 1.82) is 0 Å². The summed E-state index contributed by atoms with van der Waals surface area (Å²) in [5.74, 6) is -0.713. The summed E-state index contributed by atoms with van der Waals surface area (Å²) in [4.78, 5) is 11.6. The van der Waals surface area contributed by atoms with Gasteiger partial charge in [0.2, 0.25) is 10.0 Å². The zero-order valence-corrected chi connectivity index (χ0v) is 13.3. The van der Waals surface area contributed by atoms with Crippen molar-refractivity contribution in [2.24, 2.45) is 0 Å². The molecule has 0 saturated carbocycles. The highest BCUT2D eigenvalue weighted by atomic mass is 35.5. The molecule has 1 aromatic rings. The Morgan fingerprint density at radius 1 is 1.38 bits per heavy atom. The van der Waals surface area contributed by atoms with Crippen LogP contribution in [0.15, 0.2) is 23.1 Å². The van der Waals surface area contributed by atoms with E-state index in [0.29, 0.717) is 0 Å². The molecule has 1 saturated heterocycles. The fourth-order valence-electron chi connectivity index (χ4n) is 2.17. The van der Waals surface area contributed by atoms with Crippen molar-refractivity contribution in [3.63, 3.8) is 0 Å². The molecule has 0 spiro atoms. The molecular formula is C12H13Cl2NO5S. The number of aliphatic hydroxyl groups is 1. The minimum atomic E-state index is -3.99. The summed E-state index contributed by atoms with van der Waals surface area (Å²) in [6, 6.07) is 2.81. The molecule has 0 aliphatic carbocycles. The second kappa shape index (κ2) is 6.10. The first kappa shape index (κ1) is 16.5. The van der Waals surface area contributed by atoms with E-state index < -0.39 is 28.1 Å². The summed E-state index contributed by atoms with van der Waals surface area (Å²) in [7, 11) is -2.82. The van der Waals surface area contributed by atoms with Crippen LogP contribution in [0.1, 0.15) is 6.42 Å². The molecule has 2 atom stereocenters.